The van der Waals surface area contributed by atoms with E-state index in [2.05, 4.69) is 0 Å². The summed E-state index contributed by atoms with van der Waals surface area (Å²) in [5, 5.41) is 13.2. The molecule has 0 amide bonds. The van der Waals surface area contributed by atoms with Gasteiger partial charge in [-0.3, -0.25) is 0 Å². The van der Waals surface area contributed by atoms with E-state index in [9.17, 15) is 5.11 Å². The Labute approximate surface area is 65.3 Å². The maximum atomic E-state index is 11.2. The quantitative estimate of drug-likeness (QED) is 0.639. The van der Waals surface area contributed by atoms with Crippen LogP contribution in [-0.2, 0) is 5.11 Å². The molecule has 0 aromatic carbocycles. The number of rotatable bonds is 3. The maximum absolute atomic E-state index is 11.2. The fourth-order valence-electron chi connectivity index (χ4n) is 0.879. The highest BCUT2D eigenvalue weighted by Gasteiger charge is 2.07. The molecule has 1 heterocycles. The standard InChI is InChI=1S/C8H11OS/c1-2-4-7(9)8-5-3-6-10-8/h3,5-7H,2,4H2,1H3. The van der Waals surface area contributed by atoms with Gasteiger partial charge >= 0.3 is 0 Å². The number of hydrogen-bond acceptors (Lipinski definition) is 1. The summed E-state index contributed by atoms with van der Waals surface area (Å²) in [5.41, 5.74) is 0. The molecular weight excluding hydrogens is 144 g/mol. The summed E-state index contributed by atoms with van der Waals surface area (Å²) in [7, 11) is 0. The molecule has 0 saturated heterocycles. The molecule has 0 fully saturated rings. The van der Waals surface area contributed by atoms with Gasteiger partial charge in [-0.1, -0.05) is 19.4 Å². The van der Waals surface area contributed by atoms with Crippen LogP contribution in [0.2, 0.25) is 0 Å². The summed E-state index contributed by atoms with van der Waals surface area (Å²) >= 11 is 1.56. The third-order valence-electron chi connectivity index (χ3n) is 1.41. The Morgan fingerprint density at radius 1 is 1.70 bits per heavy atom. The highest BCUT2D eigenvalue weighted by molar-refractivity contribution is 7.10. The van der Waals surface area contributed by atoms with Crippen LogP contribution in [0.5, 0.6) is 0 Å². The topological polar surface area (TPSA) is 19.9 Å². The van der Waals surface area contributed by atoms with Crippen molar-refractivity contribution >= 4 is 11.3 Å². The van der Waals surface area contributed by atoms with E-state index in [0.29, 0.717) is 0 Å². The molecule has 0 aliphatic rings. The molecular formula is C8H11OS. The van der Waals surface area contributed by atoms with Crippen molar-refractivity contribution in [2.75, 3.05) is 0 Å². The third-order valence-corrected chi connectivity index (χ3v) is 2.38. The lowest BCUT2D eigenvalue weighted by molar-refractivity contribution is 0.0836. The molecule has 0 saturated carbocycles. The zero-order valence-electron chi connectivity index (χ0n) is 6.04. The van der Waals surface area contributed by atoms with Gasteiger partial charge in [0.25, 0.3) is 0 Å². The van der Waals surface area contributed by atoms with E-state index in [4.69, 9.17) is 0 Å². The van der Waals surface area contributed by atoms with E-state index < -0.39 is 6.10 Å². The first-order valence-electron chi connectivity index (χ1n) is 3.53. The first kappa shape index (κ1) is 7.76. The van der Waals surface area contributed by atoms with Crippen molar-refractivity contribution in [3.63, 3.8) is 0 Å². The molecule has 0 aliphatic carbocycles. The van der Waals surface area contributed by atoms with Crippen molar-refractivity contribution in [3.05, 3.63) is 22.4 Å². The van der Waals surface area contributed by atoms with Gasteiger partial charge in [0.05, 0.1) is 0 Å². The smallest absolute Gasteiger partial charge is 0.127 e. The lowest BCUT2D eigenvalue weighted by Crippen LogP contribution is -1.89. The molecule has 1 unspecified atom stereocenters. The van der Waals surface area contributed by atoms with Crippen LogP contribution in [0.15, 0.2) is 17.5 Å². The SMILES string of the molecule is CCCC([O])c1cccs1. The van der Waals surface area contributed by atoms with Crippen molar-refractivity contribution in [2.24, 2.45) is 0 Å². The lowest BCUT2D eigenvalue weighted by atomic mass is 10.2. The maximum Gasteiger partial charge on any atom is 0.127 e. The van der Waals surface area contributed by atoms with Crippen LogP contribution in [0, 0.1) is 0 Å². The molecule has 1 nitrogen and oxygen atoms in total. The molecule has 0 N–H and O–H groups in total. The van der Waals surface area contributed by atoms with Gasteiger partial charge in [-0.15, -0.1) is 11.3 Å². The normalized spacial score (nSPS) is 13.4. The summed E-state index contributed by atoms with van der Waals surface area (Å²) in [5.74, 6) is 0. The number of thiophene rings is 1. The van der Waals surface area contributed by atoms with Crippen LogP contribution in [0.1, 0.15) is 30.7 Å². The molecule has 0 spiro atoms. The van der Waals surface area contributed by atoms with E-state index in [-0.39, 0.29) is 0 Å². The zero-order valence-corrected chi connectivity index (χ0v) is 6.86. The summed E-state index contributed by atoms with van der Waals surface area (Å²) in [6.07, 6.45) is 1.26. The van der Waals surface area contributed by atoms with Gasteiger partial charge in [-0.25, -0.2) is 5.11 Å². The Hall–Kier alpha value is -0.340. The molecule has 2 heteroatoms. The Kier molecular flexibility index (Phi) is 2.90. The minimum atomic E-state index is -0.481. The molecule has 1 rings (SSSR count). The predicted molar refractivity (Wildman–Crippen MR) is 42.7 cm³/mol. The Balaban J connectivity index is 2.50. The second-order valence-electron chi connectivity index (χ2n) is 2.29. The Morgan fingerprint density at radius 3 is 3.00 bits per heavy atom. The van der Waals surface area contributed by atoms with Gasteiger partial charge in [0, 0.05) is 4.88 Å². The van der Waals surface area contributed by atoms with E-state index in [1.807, 2.05) is 24.4 Å². The molecule has 55 valence electrons. The highest BCUT2D eigenvalue weighted by atomic mass is 32.1. The second kappa shape index (κ2) is 3.74. The molecule has 1 aromatic rings. The highest BCUT2D eigenvalue weighted by Crippen LogP contribution is 2.22. The van der Waals surface area contributed by atoms with Gasteiger partial charge < -0.3 is 0 Å². The Morgan fingerprint density at radius 2 is 2.50 bits per heavy atom. The van der Waals surface area contributed by atoms with E-state index in [1.165, 1.54) is 0 Å². The van der Waals surface area contributed by atoms with Gasteiger partial charge in [-0.2, -0.15) is 0 Å². The van der Waals surface area contributed by atoms with Crippen molar-refractivity contribution in [3.8, 4) is 0 Å². The van der Waals surface area contributed by atoms with Crippen molar-refractivity contribution in [1.82, 2.24) is 0 Å². The van der Waals surface area contributed by atoms with Crippen LogP contribution in [0.25, 0.3) is 0 Å². The van der Waals surface area contributed by atoms with Crippen LogP contribution in [0.3, 0.4) is 0 Å². The molecule has 0 aliphatic heterocycles. The van der Waals surface area contributed by atoms with Crippen molar-refractivity contribution < 1.29 is 5.11 Å². The lowest BCUT2D eigenvalue weighted by Gasteiger charge is -2.01. The van der Waals surface area contributed by atoms with Crippen LogP contribution in [0.4, 0.5) is 0 Å². The largest absolute Gasteiger partial charge is 0.227 e. The van der Waals surface area contributed by atoms with Gasteiger partial charge in [0.1, 0.15) is 6.10 Å². The van der Waals surface area contributed by atoms with Crippen LogP contribution >= 0.6 is 11.3 Å². The minimum absolute atomic E-state index is 0.481. The van der Waals surface area contributed by atoms with E-state index in [0.717, 1.165) is 17.7 Å². The van der Waals surface area contributed by atoms with Crippen LogP contribution in [-0.4, -0.2) is 0 Å². The Bertz CT molecular complexity index is 169. The molecule has 1 atom stereocenters. The minimum Gasteiger partial charge on any atom is -0.227 e. The average molecular weight is 155 g/mol. The predicted octanol–water partition coefficient (Wildman–Crippen LogP) is 3.02. The third kappa shape index (κ3) is 1.82. The summed E-state index contributed by atoms with van der Waals surface area (Å²) < 4.78 is 0. The van der Waals surface area contributed by atoms with Crippen molar-refractivity contribution in [2.45, 2.75) is 25.9 Å². The zero-order chi connectivity index (χ0) is 7.40. The van der Waals surface area contributed by atoms with Gasteiger partial charge in [0.15, 0.2) is 0 Å². The van der Waals surface area contributed by atoms with Crippen LogP contribution < -0.4 is 0 Å². The molecule has 0 bridgehead atoms. The first-order chi connectivity index (χ1) is 4.84. The molecule has 1 radical (unpaired) electrons. The van der Waals surface area contributed by atoms with E-state index in [1.54, 1.807) is 11.3 Å². The summed E-state index contributed by atoms with van der Waals surface area (Å²) in [6, 6.07) is 3.85. The van der Waals surface area contributed by atoms with E-state index >= 15 is 0 Å². The summed E-state index contributed by atoms with van der Waals surface area (Å²) in [6.45, 7) is 2.04. The number of hydrogen-bond donors (Lipinski definition) is 0. The molecule has 1 aromatic heterocycles. The summed E-state index contributed by atoms with van der Waals surface area (Å²) in [4.78, 5) is 0.974. The van der Waals surface area contributed by atoms with Gasteiger partial charge in [-0.05, 0) is 17.9 Å². The average Bonchev–Trinajstić information content (AvgIpc) is 2.38. The molecule has 10 heavy (non-hydrogen) atoms. The van der Waals surface area contributed by atoms with Gasteiger partial charge in [0.2, 0.25) is 0 Å². The van der Waals surface area contributed by atoms with Crippen molar-refractivity contribution in [1.29, 1.82) is 0 Å². The fourth-order valence-corrected chi connectivity index (χ4v) is 1.62. The first-order valence-corrected chi connectivity index (χ1v) is 4.41. The monoisotopic (exact) mass is 155 g/mol. The fraction of sp³-hybridized carbons (Fsp3) is 0.500. The second-order valence-corrected chi connectivity index (χ2v) is 3.27.